The highest BCUT2D eigenvalue weighted by molar-refractivity contribution is 5.80. The molecule has 7 heteroatoms. The van der Waals surface area contributed by atoms with E-state index in [1.54, 1.807) is 0 Å². The van der Waals surface area contributed by atoms with E-state index in [0.717, 1.165) is 58.7 Å². The Morgan fingerprint density at radius 1 is 1.24 bits per heavy atom. The van der Waals surface area contributed by atoms with Crippen molar-refractivity contribution in [3.8, 4) is 0 Å². The highest BCUT2D eigenvalue weighted by Gasteiger charge is 2.31. The standard InChI is InChI=1S/C14H29N5O2/c1-17(2)5-6-18-7-9-19(10-8-18)11-12-3-4-13(21-12)14(20)16-15/h12-13H,3-11,15H2,1-2H3,(H,16,20). The lowest BCUT2D eigenvalue weighted by Crippen LogP contribution is -2.50. The third-order valence-electron chi connectivity index (χ3n) is 4.33. The van der Waals surface area contributed by atoms with E-state index in [1.807, 2.05) is 0 Å². The summed E-state index contributed by atoms with van der Waals surface area (Å²) in [7, 11) is 4.23. The molecule has 21 heavy (non-hydrogen) atoms. The van der Waals surface area contributed by atoms with Crippen molar-refractivity contribution in [3.05, 3.63) is 0 Å². The predicted molar refractivity (Wildman–Crippen MR) is 81.7 cm³/mol. The fourth-order valence-electron chi connectivity index (χ4n) is 2.95. The highest BCUT2D eigenvalue weighted by atomic mass is 16.5. The van der Waals surface area contributed by atoms with Crippen molar-refractivity contribution < 1.29 is 9.53 Å². The minimum absolute atomic E-state index is 0.167. The number of amides is 1. The summed E-state index contributed by atoms with van der Waals surface area (Å²) in [4.78, 5) is 18.6. The van der Waals surface area contributed by atoms with Crippen molar-refractivity contribution in [1.82, 2.24) is 20.1 Å². The lowest BCUT2D eigenvalue weighted by molar-refractivity contribution is -0.132. The fourth-order valence-corrected chi connectivity index (χ4v) is 2.95. The molecule has 2 rings (SSSR count). The van der Waals surface area contributed by atoms with Gasteiger partial charge in [-0.05, 0) is 26.9 Å². The van der Waals surface area contributed by atoms with Gasteiger partial charge < -0.3 is 9.64 Å². The van der Waals surface area contributed by atoms with Crippen LogP contribution in [-0.2, 0) is 9.53 Å². The Hall–Kier alpha value is -0.730. The number of ether oxygens (including phenoxy) is 1. The normalized spacial score (nSPS) is 28.2. The summed E-state index contributed by atoms with van der Waals surface area (Å²) >= 11 is 0. The Morgan fingerprint density at radius 3 is 2.52 bits per heavy atom. The Balaban J connectivity index is 1.64. The van der Waals surface area contributed by atoms with Crippen LogP contribution in [0.4, 0.5) is 0 Å². The molecule has 2 atom stereocenters. The number of likely N-dealkylation sites (N-methyl/N-ethyl adjacent to an activating group) is 1. The van der Waals surface area contributed by atoms with Crippen molar-refractivity contribution >= 4 is 5.91 Å². The van der Waals surface area contributed by atoms with Gasteiger partial charge in [-0.2, -0.15) is 0 Å². The van der Waals surface area contributed by atoms with E-state index in [-0.39, 0.29) is 18.1 Å². The van der Waals surface area contributed by atoms with Crippen LogP contribution in [0, 0.1) is 0 Å². The lowest BCUT2D eigenvalue weighted by atomic mass is 10.1. The van der Waals surface area contributed by atoms with Gasteiger partial charge in [-0.3, -0.25) is 20.0 Å². The molecule has 0 aromatic carbocycles. The first-order valence-corrected chi connectivity index (χ1v) is 7.84. The summed E-state index contributed by atoms with van der Waals surface area (Å²) in [6, 6.07) is 0. The molecule has 0 aliphatic carbocycles. The average molecular weight is 299 g/mol. The van der Waals surface area contributed by atoms with Crippen LogP contribution in [0.2, 0.25) is 0 Å². The van der Waals surface area contributed by atoms with E-state index >= 15 is 0 Å². The number of piperazine rings is 1. The molecular formula is C14H29N5O2. The second kappa shape index (κ2) is 8.05. The Kier molecular flexibility index (Phi) is 6.38. The fraction of sp³-hybridized carbons (Fsp3) is 0.929. The van der Waals surface area contributed by atoms with E-state index in [9.17, 15) is 4.79 Å². The zero-order chi connectivity index (χ0) is 15.2. The van der Waals surface area contributed by atoms with Crippen LogP contribution in [0.5, 0.6) is 0 Å². The first kappa shape index (κ1) is 16.6. The SMILES string of the molecule is CN(C)CCN1CCN(CC2CCC(C(=O)NN)O2)CC1. The molecule has 122 valence electrons. The Bertz CT molecular complexity index is 331. The van der Waals surface area contributed by atoms with Crippen molar-refractivity contribution in [1.29, 1.82) is 0 Å². The second-order valence-electron chi connectivity index (χ2n) is 6.28. The van der Waals surface area contributed by atoms with E-state index in [2.05, 4.69) is 34.2 Å². The second-order valence-corrected chi connectivity index (χ2v) is 6.28. The summed E-state index contributed by atoms with van der Waals surface area (Å²) in [5.41, 5.74) is 2.17. The molecule has 2 aliphatic rings. The van der Waals surface area contributed by atoms with Crippen LogP contribution in [-0.4, -0.2) is 92.7 Å². The van der Waals surface area contributed by atoms with E-state index in [0.29, 0.717) is 0 Å². The summed E-state index contributed by atoms with van der Waals surface area (Å²) in [5, 5.41) is 0. The molecule has 2 saturated heterocycles. The molecule has 7 nitrogen and oxygen atoms in total. The molecule has 2 unspecified atom stereocenters. The minimum atomic E-state index is -0.360. The number of hydrazine groups is 1. The van der Waals surface area contributed by atoms with Gasteiger partial charge >= 0.3 is 0 Å². The summed E-state index contributed by atoms with van der Waals surface area (Å²) < 4.78 is 5.77. The molecule has 0 aromatic rings. The molecule has 0 spiro atoms. The molecular weight excluding hydrogens is 270 g/mol. The van der Waals surface area contributed by atoms with Crippen LogP contribution >= 0.6 is 0 Å². The van der Waals surface area contributed by atoms with Gasteiger partial charge in [0, 0.05) is 45.8 Å². The number of hydrogen-bond acceptors (Lipinski definition) is 6. The Morgan fingerprint density at radius 2 is 1.90 bits per heavy atom. The van der Waals surface area contributed by atoms with E-state index in [1.165, 1.54) is 0 Å². The number of rotatable bonds is 6. The summed E-state index contributed by atoms with van der Waals surface area (Å²) in [6.07, 6.45) is 1.53. The first-order valence-electron chi connectivity index (χ1n) is 7.84. The molecule has 0 aromatic heterocycles. The number of hydrogen-bond donors (Lipinski definition) is 2. The number of carbonyl (C=O) groups is 1. The van der Waals surface area contributed by atoms with Gasteiger partial charge in [-0.15, -0.1) is 0 Å². The van der Waals surface area contributed by atoms with Crippen LogP contribution in [0.1, 0.15) is 12.8 Å². The minimum Gasteiger partial charge on any atom is -0.364 e. The number of carbonyl (C=O) groups excluding carboxylic acids is 1. The predicted octanol–water partition coefficient (Wildman–Crippen LogP) is -1.30. The Labute approximate surface area is 127 Å². The molecule has 1 amide bonds. The van der Waals surface area contributed by atoms with Gasteiger partial charge in [0.25, 0.3) is 5.91 Å². The zero-order valence-electron chi connectivity index (χ0n) is 13.3. The average Bonchev–Trinajstić information content (AvgIpc) is 2.94. The third-order valence-corrected chi connectivity index (χ3v) is 4.33. The molecule has 0 bridgehead atoms. The van der Waals surface area contributed by atoms with Crippen molar-refractivity contribution in [2.24, 2.45) is 5.84 Å². The van der Waals surface area contributed by atoms with Crippen molar-refractivity contribution in [2.75, 3.05) is 59.9 Å². The maximum absolute atomic E-state index is 11.4. The quantitative estimate of drug-likeness (QED) is 0.361. The largest absolute Gasteiger partial charge is 0.364 e. The van der Waals surface area contributed by atoms with Crippen LogP contribution in [0.25, 0.3) is 0 Å². The number of nitrogens with one attached hydrogen (secondary N) is 1. The highest BCUT2D eigenvalue weighted by Crippen LogP contribution is 2.21. The van der Waals surface area contributed by atoms with Crippen molar-refractivity contribution in [3.63, 3.8) is 0 Å². The van der Waals surface area contributed by atoms with Gasteiger partial charge in [-0.1, -0.05) is 0 Å². The van der Waals surface area contributed by atoms with Gasteiger partial charge in [0.2, 0.25) is 0 Å². The van der Waals surface area contributed by atoms with E-state index < -0.39 is 0 Å². The molecule has 0 radical (unpaired) electrons. The van der Waals surface area contributed by atoms with Gasteiger partial charge in [0.15, 0.2) is 0 Å². The zero-order valence-corrected chi connectivity index (χ0v) is 13.3. The number of nitrogens with zero attached hydrogens (tertiary/aromatic N) is 3. The topological polar surface area (TPSA) is 74.1 Å². The third kappa shape index (κ3) is 5.19. The lowest BCUT2D eigenvalue weighted by Gasteiger charge is -2.36. The summed E-state index contributed by atoms with van der Waals surface area (Å²) in [5.74, 6) is 4.94. The smallest absolute Gasteiger partial charge is 0.263 e. The molecule has 3 N–H and O–H groups in total. The summed E-state index contributed by atoms with van der Waals surface area (Å²) in [6.45, 7) is 7.58. The monoisotopic (exact) mass is 299 g/mol. The number of nitrogens with two attached hydrogens (primary N) is 1. The van der Waals surface area contributed by atoms with Gasteiger partial charge in [0.1, 0.15) is 6.10 Å². The first-order chi connectivity index (χ1) is 10.1. The van der Waals surface area contributed by atoms with E-state index in [4.69, 9.17) is 10.6 Å². The molecule has 2 heterocycles. The molecule has 2 fully saturated rings. The van der Waals surface area contributed by atoms with Gasteiger partial charge in [0.05, 0.1) is 6.10 Å². The van der Waals surface area contributed by atoms with Crippen LogP contribution in [0.15, 0.2) is 0 Å². The maximum Gasteiger partial charge on any atom is 0.263 e. The molecule has 2 aliphatic heterocycles. The van der Waals surface area contributed by atoms with Crippen LogP contribution < -0.4 is 11.3 Å². The van der Waals surface area contributed by atoms with Gasteiger partial charge in [-0.25, -0.2) is 5.84 Å². The van der Waals surface area contributed by atoms with Crippen molar-refractivity contribution in [2.45, 2.75) is 25.0 Å². The van der Waals surface area contributed by atoms with Crippen LogP contribution in [0.3, 0.4) is 0 Å². The molecule has 0 saturated carbocycles. The maximum atomic E-state index is 11.4.